The number of pyridine rings is 1. The van der Waals surface area contributed by atoms with E-state index in [1.807, 2.05) is 57.4 Å². The molecule has 6 nitrogen and oxygen atoms in total. The van der Waals surface area contributed by atoms with Gasteiger partial charge in [-0.2, -0.15) is 5.10 Å². The van der Waals surface area contributed by atoms with E-state index in [1.54, 1.807) is 17.1 Å². The second-order valence-electron chi connectivity index (χ2n) is 6.39. The second-order valence-corrected chi connectivity index (χ2v) is 6.39. The van der Waals surface area contributed by atoms with Crippen molar-refractivity contribution in [1.29, 1.82) is 0 Å². The molecule has 1 aromatic carbocycles. The highest BCUT2D eigenvalue weighted by Gasteiger charge is 2.15. The summed E-state index contributed by atoms with van der Waals surface area (Å²) in [5, 5.41) is 7.24. The number of nitrogens with one attached hydrogen (secondary N) is 1. The fourth-order valence-electron chi connectivity index (χ4n) is 2.84. The molecule has 1 unspecified atom stereocenters. The van der Waals surface area contributed by atoms with E-state index < -0.39 is 0 Å². The molecule has 26 heavy (non-hydrogen) atoms. The van der Waals surface area contributed by atoms with Gasteiger partial charge in [-0.1, -0.05) is 19.1 Å². The molecule has 0 fully saturated rings. The zero-order chi connectivity index (χ0) is 18.7. The number of anilines is 1. The van der Waals surface area contributed by atoms with Gasteiger partial charge >= 0.3 is 0 Å². The monoisotopic (exact) mass is 349 g/mol. The van der Waals surface area contributed by atoms with E-state index in [2.05, 4.69) is 15.4 Å². The van der Waals surface area contributed by atoms with Gasteiger partial charge in [-0.15, -0.1) is 0 Å². The minimum Gasteiger partial charge on any atom is -0.383 e. The number of nitrogens with zero attached hydrogens (tertiary/aromatic N) is 3. The molecule has 3 aromatic rings. The van der Waals surface area contributed by atoms with E-state index in [4.69, 9.17) is 5.73 Å². The zero-order valence-corrected chi connectivity index (χ0v) is 15.2. The lowest BCUT2D eigenvalue weighted by atomic mass is 10.0. The van der Waals surface area contributed by atoms with Crippen LogP contribution in [0.4, 0.5) is 5.82 Å². The Balaban J connectivity index is 1.75. The van der Waals surface area contributed by atoms with Crippen molar-refractivity contribution < 1.29 is 4.79 Å². The summed E-state index contributed by atoms with van der Waals surface area (Å²) in [7, 11) is 1.87. The third-order valence-electron chi connectivity index (χ3n) is 4.44. The van der Waals surface area contributed by atoms with Crippen molar-refractivity contribution in [2.24, 2.45) is 7.05 Å². The molecule has 0 aliphatic carbocycles. The summed E-state index contributed by atoms with van der Waals surface area (Å²) in [5.74, 6) is 0.435. The summed E-state index contributed by atoms with van der Waals surface area (Å²) in [6, 6.07) is 9.44. The fourth-order valence-corrected chi connectivity index (χ4v) is 2.84. The molecule has 0 aliphatic rings. The smallest absolute Gasteiger partial charge is 0.251 e. The van der Waals surface area contributed by atoms with Crippen LogP contribution in [0.2, 0.25) is 0 Å². The van der Waals surface area contributed by atoms with Gasteiger partial charge in [-0.05, 0) is 42.7 Å². The SMILES string of the molecule is CCC(NC(=O)c1ccc(-c2cnc(N)c(C)c2)cc1)c1cnn(C)c1. The Morgan fingerprint density at radius 3 is 2.54 bits per heavy atom. The molecule has 0 aliphatic heterocycles. The number of nitrogen functional groups attached to an aromatic ring is 1. The highest BCUT2D eigenvalue weighted by Crippen LogP contribution is 2.22. The number of amides is 1. The van der Waals surface area contributed by atoms with E-state index >= 15 is 0 Å². The Morgan fingerprint density at radius 2 is 1.96 bits per heavy atom. The van der Waals surface area contributed by atoms with Crippen LogP contribution in [0.5, 0.6) is 0 Å². The Labute approximate surface area is 153 Å². The average Bonchev–Trinajstić information content (AvgIpc) is 3.08. The lowest BCUT2D eigenvalue weighted by molar-refractivity contribution is 0.0935. The van der Waals surface area contributed by atoms with Crippen molar-refractivity contribution in [2.45, 2.75) is 26.3 Å². The van der Waals surface area contributed by atoms with E-state index in [0.717, 1.165) is 28.7 Å². The first-order chi connectivity index (χ1) is 12.5. The Bertz CT molecular complexity index is 914. The molecule has 2 heterocycles. The summed E-state index contributed by atoms with van der Waals surface area (Å²) in [4.78, 5) is 16.8. The lowest BCUT2D eigenvalue weighted by Crippen LogP contribution is -2.27. The zero-order valence-electron chi connectivity index (χ0n) is 15.2. The van der Waals surface area contributed by atoms with E-state index in [0.29, 0.717) is 11.4 Å². The third-order valence-corrected chi connectivity index (χ3v) is 4.44. The highest BCUT2D eigenvalue weighted by molar-refractivity contribution is 5.95. The summed E-state index contributed by atoms with van der Waals surface area (Å²) in [5.41, 5.74) is 10.3. The maximum absolute atomic E-state index is 12.6. The van der Waals surface area contributed by atoms with Gasteiger partial charge in [0.1, 0.15) is 5.82 Å². The Morgan fingerprint density at radius 1 is 1.23 bits per heavy atom. The molecule has 6 heteroatoms. The van der Waals surface area contributed by atoms with Crippen molar-refractivity contribution in [3.8, 4) is 11.1 Å². The van der Waals surface area contributed by atoms with Crippen LogP contribution in [0, 0.1) is 6.92 Å². The predicted octanol–water partition coefficient (Wildman–Crippen LogP) is 3.25. The van der Waals surface area contributed by atoms with E-state index in [9.17, 15) is 4.79 Å². The molecule has 0 saturated heterocycles. The molecule has 2 aromatic heterocycles. The van der Waals surface area contributed by atoms with Gasteiger partial charge in [0.25, 0.3) is 5.91 Å². The number of hydrogen-bond acceptors (Lipinski definition) is 4. The molecule has 0 spiro atoms. The molecule has 0 bridgehead atoms. The van der Waals surface area contributed by atoms with Crippen molar-refractivity contribution in [2.75, 3.05) is 5.73 Å². The van der Waals surface area contributed by atoms with Gasteiger partial charge < -0.3 is 11.1 Å². The molecule has 1 amide bonds. The molecule has 1 atom stereocenters. The highest BCUT2D eigenvalue weighted by atomic mass is 16.1. The van der Waals surface area contributed by atoms with Crippen LogP contribution in [0.15, 0.2) is 48.9 Å². The number of carbonyl (C=O) groups excluding carboxylic acids is 1. The predicted molar refractivity (Wildman–Crippen MR) is 103 cm³/mol. The Hall–Kier alpha value is -3.15. The van der Waals surface area contributed by atoms with Gasteiger partial charge in [0.2, 0.25) is 0 Å². The van der Waals surface area contributed by atoms with Crippen LogP contribution < -0.4 is 11.1 Å². The minimum absolute atomic E-state index is 0.0557. The van der Waals surface area contributed by atoms with Crippen molar-refractivity contribution >= 4 is 11.7 Å². The van der Waals surface area contributed by atoms with Crippen LogP contribution in [0.3, 0.4) is 0 Å². The first-order valence-corrected chi connectivity index (χ1v) is 8.60. The maximum Gasteiger partial charge on any atom is 0.251 e. The van der Waals surface area contributed by atoms with E-state index in [-0.39, 0.29) is 11.9 Å². The third kappa shape index (κ3) is 3.74. The number of rotatable bonds is 5. The molecular weight excluding hydrogens is 326 g/mol. The quantitative estimate of drug-likeness (QED) is 0.740. The normalized spacial score (nSPS) is 12.0. The molecule has 0 radical (unpaired) electrons. The van der Waals surface area contributed by atoms with Crippen LogP contribution >= 0.6 is 0 Å². The van der Waals surface area contributed by atoms with Crippen LogP contribution in [0.1, 0.15) is 40.9 Å². The number of nitrogens with two attached hydrogens (primary N) is 1. The number of carbonyl (C=O) groups is 1. The van der Waals surface area contributed by atoms with Crippen molar-refractivity contribution in [3.63, 3.8) is 0 Å². The second kappa shape index (κ2) is 7.39. The first kappa shape index (κ1) is 17.7. The van der Waals surface area contributed by atoms with Gasteiger partial charge in [0.05, 0.1) is 12.2 Å². The van der Waals surface area contributed by atoms with Crippen molar-refractivity contribution in [1.82, 2.24) is 20.1 Å². The average molecular weight is 349 g/mol. The molecular formula is C20H23N5O. The number of hydrogen-bond donors (Lipinski definition) is 2. The van der Waals surface area contributed by atoms with Crippen LogP contribution in [-0.2, 0) is 7.05 Å². The summed E-state index contributed by atoms with van der Waals surface area (Å²) in [6.45, 7) is 3.97. The molecule has 134 valence electrons. The maximum atomic E-state index is 12.6. The molecule has 3 N–H and O–H groups in total. The number of aromatic nitrogens is 3. The standard InChI is InChI=1S/C20H23N5O/c1-4-18(17-11-23-25(3)12-17)24-20(26)15-7-5-14(6-8-15)16-9-13(2)19(21)22-10-16/h5-12,18H,4H2,1-3H3,(H2,21,22)(H,24,26). The minimum atomic E-state index is -0.0983. The molecule has 0 saturated carbocycles. The lowest BCUT2D eigenvalue weighted by Gasteiger charge is -2.15. The number of aryl methyl sites for hydroxylation is 2. The first-order valence-electron chi connectivity index (χ1n) is 8.60. The largest absolute Gasteiger partial charge is 0.383 e. The van der Waals surface area contributed by atoms with Gasteiger partial charge in [-0.25, -0.2) is 4.98 Å². The van der Waals surface area contributed by atoms with Crippen molar-refractivity contribution in [3.05, 3.63) is 65.6 Å². The fraction of sp³-hybridized carbons (Fsp3) is 0.250. The summed E-state index contributed by atoms with van der Waals surface area (Å²) < 4.78 is 1.74. The van der Waals surface area contributed by atoms with E-state index in [1.165, 1.54) is 0 Å². The number of benzene rings is 1. The van der Waals surface area contributed by atoms with Gasteiger partial charge in [0, 0.05) is 36.1 Å². The van der Waals surface area contributed by atoms with Gasteiger partial charge in [-0.3, -0.25) is 9.48 Å². The Kier molecular flexibility index (Phi) is 5.02. The van der Waals surface area contributed by atoms with Gasteiger partial charge in [0.15, 0.2) is 0 Å². The topological polar surface area (TPSA) is 85.8 Å². The summed E-state index contributed by atoms with van der Waals surface area (Å²) >= 11 is 0. The summed E-state index contributed by atoms with van der Waals surface area (Å²) in [6.07, 6.45) is 6.25. The van der Waals surface area contributed by atoms with Crippen LogP contribution in [-0.4, -0.2) is 20.7 Å². The van der Waals surface area contributed by atoms with Crippen LogP contribution in [0.25, 0.3) is 11.1 Å². The molecule has 3 rings (SSSR count).